The Labute approximate surface area is 106 Å². The molecule has 1 aromatic carbocycles. The fourth-order valence-electron chi connectivity index (χ4n) is 1.27. The van der Waals surface area contributed by atoms with E-state index in [1.54, 1.807) is 6.92 Å². The first-order valence-electron chi connectivity index (χ1n) is 5.29. The zero-order valence-corrected chi connectivity index (χ0v) is 11.1. The molecule has 1 rings (SSSR count). The van der Waals surface area contributed by atoms with Gasteiger partial charge in [0.1, 0.15) is 5.82 Å². The molecule has 0 aliphatic heterocycles. The Morgan fingerprint density at radius 3 is 2.76 bits per heavy atom. The van der Waals surface area contributed by atoms with Crippen LogP contribution in [0.5, 0.6) is 0 Å². The molecule has 3 nitrogen and oxygen atoms in total. The number of sulfone groups is 1. The fourth-order valence-corrected chi connectivity index (χ4v) is 2.20. The molecule has 0 spiro atoms. The van der Waals surface area contributed by atoms with Crippen LogP contribution in [0.25, 0.3) is 0 Å². The van der Waals surface area contributed by atoms with Crippen LogP contribution >= 0.6 is 11.6 Å². The molecule has 0 bridgehead atoms. The van der Waals surface area contributed by atoms with Crippen LogP contribution in [0, 0.1) is 5.82 Å². The zero-order valence-electron chi connectivity index (χ0n) is 9.54. The lowest BCUT2D eigenvalue weighted by Gasteiger charge is -2.06. The van der Waals surface area contributed by atoms with Crippen LogP contribution in [0.1, 0.15) is 12.5 Å². The second-order valence-corrected chi connectivity index (χ2v) is 6.53. The van der Waals surface area contributed by atoms with Gasteiger partial charge in [0.2, 0.25) is 0 Å². The van der Waals surface area contributed by atoms with E-state index in [9.17, 15) is 12.8 Å². The maximum absolute atomic E-state index is 12.9. The molecule has 0 aliphatic rings. The summed E-state index contributed by atoms with van der Waals surface area (Å²) in [4.78, 5) is 0. The maximum atomic E-state index is 12.9. The fraction of sp³-hybridized carbons (Fsp3) is 0.455. The van der Waals surface area contributed by atoms with Crippen LogP contribution in [0.2, 0.25) is 5.02 Å². The molecule has 0 fully saturated rings. The SMILES string of the molecule is CCS(=O)(=O)CCNCc1cc(F)ccc1Cl. The van der Waals surface area contributed by atoms with Crippen molar-refractivity contribution in [2.24, 2.45) is 0 Å². The Hall–Kier alpha value is -0.650. The Kier molecular flexibility index (Phi) is 5.36. The average Bonchev–Trinajstić information content (AvgIpc) is 2.29. The Morgan fingerprint density at radius 1 is 1.41 bits per heavy atom. The van der Waals surface area contributed by atoms with E-state index in [1.807, 2.05) is 0 Å². The number of hydrogen-bond donors (Lipinski definition) is 1. The highest BCUT2D eigenvalue weighted by Gasteiger charge is 2.07. The van der Waals surface area contributed by atoms with Gasteiger partial charge in [-0.1, -0.05) is 18.5 Å². The van der Waals surface area contributed by atoms with E-state index >= 15 is 0 Å². The smallest absolute Gasteiger partial charge is 0.151 e. The summed E-state index contributed by atoms with van der Waals surface area (Å²) in [6.07, 6.45) is 0. The van der Waals surface area contributed by atoms with E-state index in [2.05, 4.69) is 5.32 Å². The minimum Gasteiger partial charge on any atom is -0.312 e. The summed E-state index contributed by atoms with van der Waals surface area (Å²) >= 11 is 5.87. The molecular formula is C11H15ClFNO2S. The van der Waals surface area contributed by atoms with Crippen molar-refractivity contribution < 1.29 is 12.8 Å². The van der Waals surface area contributed by atoms with Gasteiger partial charge >= 0.3 is 0 Å². The molecule has 1 aromatic rings. The molecule has 1 N–H and O–H groups in total. The molecule has 0 saturated heterocycles. The Balaban J connectivity index is 2.44. The van der Waals surface area contributed by atoms with Crippen molar-refractivity contribution in [3.63, 3.8) is 0 Å². The van der Waals surface area contributed by atoms with Gasteiger partial charge in [-0.3, -0.25) is 0 Å². The normalized spacial score (nSPS) is 11.7. The highest BCUT2D eigenvalue weighted by Crippen LogP contribution is 2.16. The van der Waals surface area contributed by atoms with Crippen molar-refractivity contribution >= 4 is 21.4 Å². The van der Waals surface area contributed by atoms with Crippen LogP contribution in [-0.2, 0) is 16.4 Å². The molecule has 0 unspecified atom stereocenters. The second kappa shape index (κ2) is 6.33. The third-order valence-electron chi connectivity index (χ3n) is 2.35. The van der Waals surface area contributed by atoms with E-state index in [0.29, 0.717) is 23.7 Å². The van der Waals surface area contributed by atoms with Gasteiger partial charge in [-0.15, -0.1) is 0 Å². The lowest BCUT2D eigenvalue weighted by Crippen LogP contribution is -2.23. The van der Waals surface area contributed by atoms with Crippen molar-refractivity contribution in [3.8, 4) is 0 Å². The zero-order chi connectivity index (χ0) is 12.9. The molecule has 17 heavy (non-hydrogen) atoms. The van der Waals surface area contributed by atoms with E-state index in [1.165, 1.54) is 18.2 Å². The van der Waals surface area contributed by atoms with Gasteiger partial charge in [0.15, 0.2) is 9.84 Å². The molecular weight excluding hydrogens is 265 g/mol. The quantitative estimate of drug-likeness (QED) is 0.810. The number of halogens is 2. The van der Waals surface area contributed by atoms with Crippen molar-refractivity contribution in [2.75, 3.05) is 18.1 Å². The predicted octanol–water partition coefficient (Wildman–Crippen LogP) is 2.00. The van der Waals surface area contributed by atoms with Crippen LogP contribution in [-0.4, -0.2) is 26.5 Å². The van der Waals surface area contributed by atoms with Crippen molar-refractivity contribution in [1.29, 1.82) is 0 Å². The Morgan fingerprint density at radius 2 is 2.12 bits per heavy atom. The van der Waals surface area contributed by atoms with Gasteiger partial charge < -0.3 is 5.32 Å². The van der Waals surface area contributed by atoms with Gasteiger partial charge in [-0.2, -0.15) is 0 Å². The minimum absolute atomic E-state index is 0.0798. The summed E-state index contributed by atoms with van der Waals surface area (Å²) in [6.45, 7) is 2.30. The molecule has 0 aromatic heterocycles. The first-order chi connectivity index (χ1) is 7.94. The standard InChI is InChI=1S/C11H15ClFNO2S/c1-2-17(15,16)6-5-14-8-9-7-10(13)3-4-11(9)12/h3-4,7,14H,2,5-6,8H2,1H3. The lowest BCUT2D eigenvalue weighted by molar-refractivity contribution is 0.591. The molecule has 0 atom stereocenters. The van der Waals surface area contributed by atoms with Crippen molar-refractivity contribution in [3.05, 3.63) is 34.6 Å². The van der Waals surface area contributed by atoms with E-state index < -0.39 is 9.84 Å². The number of rotatable bonds is 6. The molecule has 0 saturated carbocycles. The highest BCUT2D eigenvalue weighted by molar-refractivity contribution is 7.91. The van der Waals surface area contributed by atoms with E-state index in [-0.39, 0.29) is 17.3 Å². The lowest BCUT2D eigenvalue weighted by atomic mass is 10.2. The third-order valence-corrected chi connectivity index (χ3v) is 4.43. The van der Waals surface area contributed by atoms with Crippen molar-refractivity contribution in [1.82, 2.24) is 5.32 Å². The maximum Gasteiger partial charge on any atom is 0.151 e. The summed E-state index contributed by atoms with van der Waals surface area (Å²) < 4.78 is 35.3. The molecule has 96 valence electrons. The van der Waals surface area contributed by atoms with Crippen LogP contribution < -0.4 is 5.32 Å². The summed E-state index contributed by atoms with van der Waals surface area (Å²) in [6, 6.07) is 4.10. The monoisotopic (exact) mass is 279 g/mol. The summed E-state index contributed by atoms with van der Waals surface area (Å²) in [5, 5.41) is 3.40. The van der Waals surface area contributed by atoms with E-state index in [0.717, 1.165) is 0 Å². The second-order valence-electron chi connectivity index (χ2n) is 3.65. The summed E-state index contributed by atoms with van der Waals surface area (Å²) in [5.41, 5.74) is 0.626. The molecule has 0 aliphatic carbocycles. The third kappa shape index (κ3) is 5.02. The predicted molar refractivity (Wildman–Crippen MR) is 67.4 cm³/mol. The van der Waals surface area contributed by atoms with E-state index in [4.69, 9.17) is 11.6 Å². The van der Waals surface area contributed by atoms with Gasteiger partial charge in [-0.05, 0) is 23.8 Å². The van der Waals surface area contributed by atoms with Crippen LogP contribution in [0.15, 0.2) is 18.2 Å². The van der Waals surface area contributed by atoms with Gasteiger partial charge in [0.25, 0.3) is 0 Å². The first-order valence-corrected chi connectivity index (χ1v) is 7.49. The molecule has 6 heteroatoms. The highest BCUT2D eigenvalue weighted by atomic mass is 35.5. The molecule has 0 heterocycles. The van der Waals surface area contributed by atoms with Crippen molar-refractivity contribution in [2.45, 2.75) is 13.5 Å². The minimum atomic E-state index is -2.96. The number of benzene rings is 1. The van der Waals surface area contributed by atoms with Gasteiger partial charge in [0.05, 0.1) is 5.75 Å². The summed E-state index contributed by atoms with van der Waals surface area (Å²) in [5.74, 6) is -0.140. The van der Waals surface area contributed by atoms with Crippen LogP contribution in [0.3, 0.4) is 0 Å². The number of hydrogen-bond acceptors (Lipinski definition) is 3. The summed E-state index contributed by atoms with van der Waals surface area (Å²) in [7, 11) is -2.96. The van der Waals surface area contributed by atoms with Gasteiger partial charge in [0, 0.05) is 23.9 Å². The topological polar surface area (TPSA) is 46.2 Å². The molecule has 0 radical (unpaired) electrons. The first kappa shape index (κ1) is 14.4. The van der Waals surface area contributed by atoms with Gasteiger partial charge in [-0.25, -0.2) is 12.8 Å². The average molecular weight is 280 g/mol. The molecule has 0 amide bonds. The Bertz CT molecular complexity index is 476. The number of nitrogens with one attached hydrogen (secondary N) is 1. The largest absolute Gasteiger partial charge is 0.312 e. The van der Waals surface area contributed by atoms with Crippen LogP contribution in [0.4, 0.5) is 4.39 Å².